The number of hydrogen-bond donors (Lipinski definition) is 0. The number of methoxy groups -OCH3 is 1. The number of fused-ring (bicyclic) bond motifs is 2. The molecule has 0 fully saturated rings. The van der Waals surface area contributed by atoms with E-state index in [-0.39, 0.29) is 5.78 Å². The molecule has 0 amide bonds. The maximum absolute atomic E-state index is 12.5. The highest BCUT2D eigenvalue weighted by Crippen LogP contribution is 2.27. The molecule has 90 valence electrons. The van der Waals surface area contributed by atoms with Gasteiger partial charge in [0.1, 0.15) is 5.75 Å². The summed E-state index contributed by atoms with van der Waals surface area (Å²) < 4.78 is 5.21. The molecular weight excluding hydrogens is 224 g/mol. The van der Waals surface area contributed by atoms with Crippen molar-refractivity contribution in [2.45, 2.75) is 12.8 Å². The first kappa shape index (κ1) is 11.0. The molecular formula is C16H14O2. The number of benzene rings is 2. The summed E-state index contributed by atoms with van der Waals surface area (Å²) >= 11 is 0. The van der Waals surface area contributed by atoms with E-state index in [0.717, 1.165) is 40.8 Å². The van der Waals surface area contributed by atoms with Crippen LogP contribution >= 0.6 is 0 Å². The molecule has 0 heterocycles. The highest BCUT2D eigenvalue weighted by molar-refractivity contribution is 6.11. The number of ether oxygens (including phenoxy) is 1. The zero-order valence-electron chi connectivity index (χ0n) is 10.3. The van der Waals surface area contributed by atoms with E-state index < -0.39 is 0 Å². The van der Waals surface area contributed by atoms with Gasteiger partial charge in [0.05, 0.1) is 7.11 Å². The third-order valence-electron chi connectivity index (χ3n) is 3.49. The smallest absolute Gasteiger partial charge is 0.193 e. The third-order valence-corrected chi connectivity index (χ3v) is 3.49. The predicted molar refractivity (Wildman–Crippen MR) is 70.3 cm³/mol. The Kier molecular flexibility index (Phi) is 2.63. The molecule has 1 aliphatic rings. The van der Waals surface area contributed by atoms with Crippen LogP contribution in [0.15, 0.2) is 42.5 Å². The SMILES string of the molecule is COc1ccc2c(c1)C(=O)c1ccccc1CC2. The van der Waals surface area contributed by atoms with Crippen LogP contribution < -0.4 is 4.74 Å². The molecule has 0 N–H and O–H groups in total. The maximum Gasteiger partial charge on any atom is 0.193 e. The van der Waals surface area contributed by atoms with Crippen LogP contribution in [-0.2, 0) is 12.8 Å². The second-order valence-electron chi connectivity index (χ2n) is 4.51. The molecule has 0 bridgehead atoms. The molecule has 0 aromatic heterocycles. The molecule has 0 radical (unpaired) electrons. The number of carbonyl (C=O) groups is 1. The van der Waals surface area contributed by atoms with Gasteiger partial charge in [0.25, 0.3) is 0 Å². The Labute approximate surface area is 106 Å². The van der Waals surface area contributed by atoms with Gasteiger partial charge in [-0.25, -0.2) is 0 Å². The van der Waals surface area contributed by atoms with Gasteiger partial charge in [-0.3, -0.25) is 4.79 Å². The predicted octanol–water partition coefficient (Wildman–Crippen LogP) is 3.02. The second kappa shape index (κ2) is 4.30. The van der Waals surface area contributed by atoms with Gasteiger partial charge in [-0.2, -0.15) is 0 Å². The summed E-state index contributed by atoms with van der Waals surface area (Å²) in [6, 6.07) is 13.6. The molecule has 0 saturated heterocycles. The van der Waals surface area contributed by atoms with Crippen molar-refractivity contribution in [2.24, 2.45) is 0 Å². The second-order valence-corrected chi connectivity index (χ2v) is 4.51. The van der Waals surface area contributed by atoms with Crippen LogP contribution in [-0.4, -0.2) is 12.9 Å². The van der Waals surface area contributed by atoms with Crippen molar-refractivity contribution < 1.29 is 9.53 Å². The van der Waals surface area contributed by atoms with Crippen molar-refractivity contribution in [1.29, 1.82) is 0 Å². The molecule has 2 aromatic carbocycles. The number of rotatable bonds is 1. The minimum absolute atomic E-state index is 0.108. The molecule has 0 atom stereocenters. The lowest BCUT2D eigenvalue weighted by Crippen LogP contribution is -2.04. The summed E-state index contributed by atoms with van der Waals surface area (Å²) in [4.78, 5) is 12.5. The number of hydrogen-bond acceptors (Lipinski definition) is 2. The van der Waals surface area contributed by atoms with E-state index in [9.17, 15) is 4.79 Å². The third kappa shape index (κ3) is 1.70. The number of carbonyl (C=O) groups excluding carboxylic acids is 1. The van der Waals surface area contributed by atoms with Crippen LogP contribution in [0.4, 0.5) is 0 Å². The monoisotopic (exact) mass is 238 g/mol. The fourth-order valence-electron chi connectivity index (χ4n) is 2.49. The van der Waals surface area contributed by atoms with Crippen LogP contribution in [0.5, 0.6) is 5.75 Å². The van der Waals surface area contributed by atoms with Crippen LogP contribution in [0, 0.1) is 0 Å². The highest BCUT2D eigenvalue weighted by Gasteiger charge is 2.20. The van der Waals surface area contributed by atoms with Crippen molar-refractivity contribution in [2.75, 3.05) is 7.11 Å². The molecule has 3 rings (SSSR count). The molecule has 1 aliphatic carbocycles. The van der Waals surface area contributed by atoms with E-state index in [4.69, 9.17) is 4.74 Å². The van der Waals surface area contributed by atoms with Crippen LogP contribution in [0.1, 0.15) is 27.0 Å². The minimum Gasteiger partial charge on any atom is -0.497 e. The fourth-order valence-corrected chi connectivity index (χ4v) is 2.49. The van der Waals surface area contributed by atoms with Crippen molar-refractivity contribution in [1.82, 2.24) is 0 Å². The van der Waals surface area contributed by atoms with Gasteiger partial charge in [-0.05, 0) is 36.1 Å². The minimum atomic E-state index is 0.108. The van der Waals surface area contributed by atoms with Gasteiger partial charge in [0.2, 0.25) is 0 Å². The first-order chi connectivity index (χ1) is 8.79. The van der Waals surface area contributed by atoms with E-state index in [1.54, 1.807) is 7.11 Å². The Balaban J connectivity index is 2.17. The first-order valence-electron chi connectivity index (χ1n) is 6.09. The van der Waals surface area contributed by atoms with Gasteiger partial charge in [-0.15, -0.1) is 0 Å². The summed E-state index contributed by atoms with van der Waals surface area (Å²) in [5, 5.41) is 0. The Morgan fingerprint density at radius 3 is 2.44 bits per heavy atom. The lowest BCUT2D eigenvalue weighted by molar-refractivity contribution is 0.103. The van der Waals surface area contributed by atoms with Crippen LogP contribution in [0.2, 0.25) is 0 Å². The maximum atomic E-state index is 12.5. The quantitative estimate of drug-likeness (QED) is 0.763. The van der Waals surface area contributed by atoms with Gasteiger partial charge in [0, 0.05) is 11.1 Å². The van der Waals surface area contributed by atoms with E-state index in [0.29, 0.717) is 0 Å². The summed E-state index contributed by atoms with van der Waals surface area (Å²) in [5.41, 5.74) is 3.85. The van der Waals surface area contributed by atoms with E-state index in [2.05, 4.69) is 0 Å². The molecule has 0 unspecified atom stereocenters. The summed E-state index contributed by atoms with van der Waals surface area (Å²) in [6.45, 7) is 0. The average molecular weight is 238 g/mol. The van der Waals surface area contributed by atoms with Crippen LogP contribution in [0.3, 0.4) is 0 Å². The van der Waals surface area contributed by atoms with E-state index in [1.165, 1.54) is 0 Å². The van der Waals surface area contributed by atoms with Crippen molar-refractivity contribution in [3.8, 4) is 5.75 Å². The van der Waals surface area contributed by atoms with Gasteiger partial charge in [0.15, 0.2) is 5.78 Å². The number of ketones is 1. The summed E-state index contributed by atoms with van der Waals surface area (Å²) in [5.74, 6) is 0.846. The standard InChI is InChI=1S/C16H14O2/c1-18-13-9-8-12-7-6-11-4-2-3-5-14(11)16(17)15(12)10-13/h2-5,8-10H,6-7H2,1H3. The van der Waals surface area contributed by atoms with Crippen molar-refractivity contribution in [3.63, 3.8) is 0 Å². The van der Waals surface area contributed by atoms with Crippen LogP contribution in [0.25, 0.3) is 0 Å². The van der Waals surface area contributed by atoms with E-state index in [1.807, 2.05) is 42.5 Å². The Hall–Kier alpha value is -2.09. The highest BCUT2D eigenvalue weighted by atomic mass is 16.5. The van der Waals surface area contributed by atoms with Crippen molar-refractivity contribution in [3.05, 3.63) is 64.7 Å². The van der Waals surface area contributed by atoms with Gasteiger partial charge in [-0.1, -0.05) is 30.3 Å². The largest absolute Gasteiger partial charge is 0.497 e. The van der Waals surface area contributed by atoms with E-state index >= 15 is 0 Å². The first-order valence-corrected chi connectivity index (χ1v) is 6.09. The number of aryl methyl sites for hydroxylation is 2. The summed E-state index contributed by atoms with van der Waals surface area (Å²) in [7, 11) is 1.62. The lowest BCUT2D eigenvalue weighted by Gasteiger charge is -2.07. The molecule has 2 aromatic rings. The van der Waals surface area contributed by atoms with Gasteiger partial charge < -0.3 is 4.74 Å². The summed E-state index contributed by atoms with van der Waals surface area (Å²) in [6.07, 6.45) is 1.82. The Morgan fingerprint density at radius 2 is 1.67 bits per heavy atom. The zero-order valence-corrected chi connectivity index (χ0v) is 10.3. The Morgan fingerprint density at radius 1 is 0.944 bits per heavy atom. The zero-order chi connectivity index (χ0) is 12.5. The fraction of sp³-hybridized carbons (Fsp3) is 0.188. The normalized spacial score (nSPS) is 13.5. The average Bonchev–Trinajstić information content (AvgIpc) is 2.57. The van der Waals surface area contributed by atoms with Gasteiger partial charge >= 0.3 is 0 Å². The topological polar surface area (TPSA) is 26.3 Å². The lowest BCUT2D eigenvalue weighted by atomic mass is 9.99. The molecule has 0 aliphatic heterocycles. The molecule has 2 heteroatoms. The Bertz CT molecular complexity index is 614. The van der Waals surface area contributed by atoms with Crippen molar-refractivity contribution >= 4 is 5.78 Å². The molecule has 0 spiro atoms. The molecule has 2 nitrogen and oxygen atoms in total. The molecule has 0 saturated carbocycles. The molecule has 18 heavy (non-hydrogen) atoms.